The smallest absolute Gasteiger partial charge is 0.414 e. The SMILES string of the molecule is CC(C)(C)[Si](C)(C)OCCOC(=O)Nc1ncc(F)c(OC2CN(C(=O)N3N=CC[C@H]3c3cc(F)cc(F)c3)C2)n1. The molecule has 4 rings (SSSR count). The number of ether oxygens (including phenoxy) is 2. The Bertz CT molecular complexity index is 1300. The van der Waals surface area contributed by atoms with E-state index in [1.165, 1.54) is 11.1 Å². The standard InChI is InChI=1S/C26H33F3N6O5Si/c1-26(2,3)41(4,5)39-9-8-38-24(36)33-23-30-13-20(29)22(32-23)40-19-14-34(15-19)25(37)35-21(6-7-31-35)16-10-17(27)12-18(28)11-16/h7,10-13,19,21H,6,8-9,14-15H2,1-5H3,(H,30,32,33,36)/t21-/m0/s1. The van der Waals surface area contributed by atoms with E-state index in [-0.39, 0.29) is 42.9 Å². The lowest BCUT2D eigenvalue weighted by Crippen LogP contribution is -2.59. The normalized spacial score (nSPS) is 17.4. The third-order valence-electron chi connectivity index (χ3n) is 7.20. The van der Waals surface area contributed by atoms with Gasteiger partial charge in [-0.05, 0) is 35.8 Å². The van der Waals surface area contributed by atoms with E-state index in [1.54, 1.807) is 0 Å². The highest BCUT2D eigenvalue weighted by atomic mass is 28.4. The lowest BCUT2D eigenvalue weighted by Gasteiger charge is -2.40. The number of hydrogen-bond donors (Lipinski definition) is 1. The number of hydrazone groups is 1. The predicted octanol–water partition coefficient (Wildman–Crippen LogP) is 5.08. The number of anilines is 1. The van der Waals surface area contributed by atoms with Crippen LogP contribution < -0.4 is 10.1 Å². The minimum atomic E-state index is -1.98. The van der Waals surface area contributed by atoms with Gasteiger partial charge in [-0.3, -0.25) is 5.32 Å². The van der Waals surface area contributed by atoms with Crippen LogP contribution in [0.2, 0.25) is 18.1 Å². The van der Waals surface area contributed by atoms with Gasteiger partial charge in [-0.2, -0.15) is 14.5 Å². The van der Waals surface area contributed by atoms with Crippen molar-refractivity contribution in [1.29, 1.82) is 0 Å². The number of aromatic nitrogens is 2. The molecule has 2 aliphatic rings. The Morgan fingerprint density at radius 1 is 1.10 bits per heavy atom. The Morgan fingerprint density at radius 3 is 2.44 bits per heavy atom. The maximum Gasteiger partial charge on any atom is 0.414 e. The highest BCUT2D eigenvalue weighted by Crippen LogP contribution is 2.36. The van der Waals surface area contributed by atoms with Crippen molar-refractivity contribution >= 4 is 32.6 Å². The zero-order valence-corrected chi connectivity index (χ0v) is 24.5. The molecule has 0 aliphatic carbocycles. The van der Waals surface area contributed by atoms with Crippen LogP contribution in [0.15, 0.2) is 29.5 Å². The van der Waals surface area contributed by atoms with E-state index in [0.717, 1.165) is 29.4 Å². The van der Waals surface area contributed by atoms with Crippen LogP contribution >= 0.6 is 0 Å². The molecule has 11 nitrogen and oxygen atoms in total. The third kappa shape index (κ3) is 7.33. The maximum absolute atomic E-state index is 14.3. The number of rotatable bonds is 8. The molecule has 1 aromatic heterocycles. The molecule has 0 saturated carbocycles. The summed E-state index contributed by atoms with van der Waals surface area (Å²) in [6, 6.07) is 1.93. The number of halogens is 3. The van der Waals surface area contributed by atoms with E-state index in [0.29, 0.717) is 6.42 Å². The van der Waals surface area contributed by atoms with Crippen molar-refractivity contribution in [3.63, 3.8) is 0 Å². The fraction of sp³-hybridized carbons (Fsp3) is 0.500. The minimum Gasteiger partial charge on any atom is -0.468 e. The average Bonchev–Trinajstić information content (AvgIpc) is 3.34. The second-order valence-corrected chi connectivity index (χ2v) is 16.0. The van der Waals surface area contributed by atoms with Crippen LogP contribution in [0.1, 0.15) is 38.8 Å². The molecule has 41 heavy (non-hydrogen) atoms. The van der Waals surface area contributed by atoms with Gasteiger partial charge < -0.3 is 18.8 Å². The van der Waals surface area contributed by atoms with Crippen LogP contribution in [0.25, 0.3) is 0 Å². The Hall–Kier alpha value is -3.72. The fourth-order valence-electron chi connectivity index (χ4n) is 3.88. The van der Waals surface area contributed by atoms with Gasteiger partial charge in [-0.25, -0.2) is 28.4 Å². The number of amides is 3. The van der Waals surface area contributed by atoms with Crippen LogP contribution in [0, 0.1) is 17.5 Å². The van der Waals surface area contributed by atoms with Crippen LogP contribution in [-0.2, 0) is 9.16 Å². The minimum absolute atomic E-state index is 0.0188. The van der Waals surface area contributed by atoms with Gasteiger partial charge in [0.25, 0.3) is 5.88 Å². The summed E-state index contributed by atoms with van der Waals surface area (Å²) in [5.74, 6) is -2.97. The first-order valence-corrected chi connectivity index (χ1v) is 16.0. The van der Waals surface area contributed by atoms with Gasteiger partial charge in [0.05, 0.1) is 31.9 Å². The molecule has 0 radical (unpaired) electrons. The van der Waals surface area contributed by atoms with Gasteiger partial charge >= 0.3 is 12.1 Å². The predicted molar refractivity (Wildman–Crippen MR) is 146 cm³/mol. The van der Waals surface area contributed by atoms with E-state index in [2.05, 4.69) is 54.3 Å². The van der Waals surface area contributed by atoms with E-state index in [9.17, 15) is 22.8 Å². The zero-order chi connectivity index (χ0) is 29.9. The van der Waals surface area contributed by atoms with E-state index >= 15 is 0 Å². The number of likely N-dealkylation sites (tertiary alicyclic amines) is 1. The van der Waals surface area contributed by atoms with Gasteiger partial charge in [0.2, 0.25) is 11.8 Å². The average molecular weight is 595 g/mol. The molecule has 1 fully saturated rings. The number of urea groups is 1. The van der Waals surface area contributed by atoms with Gasteiger partial charge in [-0.15, -0.1) is 0 Å². The molecule has 1 aromatic carbocycles. The Kier molecular flexibility index (Phi) is 8.87. The molecule has 1 atom stereocenters. The van der Waals surface area contributed by atoms with Gasteiger partial charge in [0.1, 0.15) is 24.3 Å². The quantitative estimate of drug-likeness (QED) is 0.335. The highest BCUT2D eigenvalue weighted by molar-refractivity contribution is 6.74. The molecule has 0 unspecified atom stereocenters. The second-order valence-electron chi connectivity index (χ2n) is 11.2. The Balaban J connectivity index is 1.26. The molecule has 1 saturated heterocycles. The summed E-state index contributed by atoms with van der Waals surface area (Å²) in [5, 5.41) is 7.56. The molecule has 3 heterocycles. The first kappa shape index (κ1) is 30.2. The molecular weight excluding hydrogens is 561 g/mol. The number of nitrogens with zero attached hydrogens (tertiary/aromatic N) is 5. The van der Waals surface area contributed by atoms with Crippen LogP contribution in [-0.4, -0.2) is 78.9 Å². The molecular formula is C26H33F3N6O5Si. The molecule has 3 amide bonds. The van der Waals surface area contributed by atoms with Crippen LogP contribution in [0.4, 0.5) is 28.7 Å². The molecule has 1 N–H and O–H groups in total. The maximum atomic E-state index is 14.3. The van der Waals surface area contributed by atoms with Crippen molar-refractivity contribution in [3.8, 4) is 5.88 Å². The summed E-state index contributed by atoms with van der Waals surface area (Å²) in [6.45, 7) is 10.9. The summed E-state index contributed by atoms with van der Waals surface area (Å²) in [7, 11) is -1.98. The van der Waals surface area contributed by atoms with Gasteiger partial charge in [0.15, 0.2) is 8.32 Å². The number of carbonyl (C=O) groups is 2. The lowest BCUT2D eigenvalue weighted by atomic mass is 10.0. The number of benzene rings is 1. The largest absolute Gasteiger partial charge is 0.468 e. The molecule has 2 aromatic rings. The number of carbonyl (C=O) groups excluding carboxylic acids is 2. The molecule has 15 heteroatoms. The molecule has 2 aliphatic heterocycles. The van der Waals surface area contributed by atoms with Crippen molar-refractivity contribution in [1.82, 2.24) is 19.9 Å². The van der Waals surface area contributed by atoms with Crippen molar-refractivity contribution in [2.24, 2.45) is 5.10 Å². The van der Waals surface area contributed by atoms with Crippen molar-refractivity contribution in [3.05, 3.63) is 47.4 Å². The summed E-state index contributed by atoms with van der Waals surface area (Å²) < 4.78 is 58.3. The first-order chi connectivity index (χ1) is 19.2. The second kappa shape index (κ2) is 12.0. The summed E-state index contributed by atoms with van der Waals surface area (Å²) >= 11 is 0. The van der Waals surface area contributed by atoms with E-state index in [1.807, 2.05) is 0 Å². The van der Waals surface area contributed by atoms with E-state index < -0.39 is 55.9 Å². The Morgan fingerprint density at radius 2 is 1.78 bits per heavy atom. The third-order valence-corrected chi connectivity index (χ3v) is 11.7. The van der Waals surface area contributed by atoms with Gasteiger partial charge in [-0.1, -0.05) is 20.8 Å². The van der Waals surface area contributed by atoms with Crippen LogP contribution in [0.5, 0.6) is 5.88 Å². The number of hydrogen-bond acceptors (Lipinski definition) is 8. The zero-order valence-electron chi connectivity index (χ0n) is 23.5. The molecule has 0 bridgehead atoms. The van der Waals surface area contributed by atoms with E-state index in [4.69, 9.17) is 13.9 Å². The van der Waals surface area contributed by atoms with Crippen molar-refractivity contribution in [2.75, 3.05) is 31.6 Å². The summed E-state index contributed by atoms with van der Waals surface area (Å²) in [4.78, 5) is 34.1. The highest BCUT2D eigenvalue weighted by Gasteiger charge is 2.40. The molecule has 0 spiro atoms. The van der Waals surface area contributed by atoms with Crippen molar-refractivity contribution in [2.45, 2.75) is 57.5 Å². The Labute approximate surface area is 236 Å². The number of nitrogens with one attached hydrogen (secondary N) is 1. The van der Waals surface area contributed by atoms with Crippen LogP contribution in [0.3, 0.4) is 0 Å². The topological polar surface area (TPSA) is 118 Å². The fourth-order valence-corrected chi connectivity index (χ4v) is 4.91. The molecule has 222 valence electrons. The monoisotopic (exact) mass is 594 g/mol. The summed E-state index contributed by atoms with van der Waals surface area (Å²) in [5.41, 5.74) is 0.284. The first-order valence-electron chi connectivity index (χ1n) is 13.1. The van der Waals surface area contributed by atoms with Crippen molar-refractivity contribution < 1.29 is 36.7 Å². The lowest BCUT2D eigenvalue weighted by molar-refractivity contribution is 0.0230. The summed E-state index contributed by atoms with van der Waals surface area (Å²) in [6.07, 6.45) is 1.22. The van der Waals surface area contributed by atoms with Gasteiger partial charge in [0, 0.05) is 18.7 Å².